The van der Waals surface area contributed by atoms with Crippen LogP contribution in [-0.2, 0) is 6.18 Å². The van der Waals surface area contributed by atoms with Crippen LogP contribution in [0.5, 0.6) is 0 Å². The first-order valence-corrected chi connectivity index (χ1v) is 8.16. The Morgan fingerprint density at radius 3 is 2.56 bits per heavy atom. The predicted molar refractivity (Wildman–Crippen MR) is 102 cm³/mol. The molecule has 1 aromatic rings. The molecular formula is C15H24F3IN6. The second kappa shape index (κ2) is 10.6. The van der Waals surface area contributed by atoms with E-state index < -0.39 is 11.9 Å². The lowest BCUT2D eigenvalue weighted by atomic mass is 10.1. The minimum Gasteiger partial charge on any atom is -0.370 e. The van der Waals surface area contributed by atoms with Crippen LogP contribution >= 0.6 is 24.0 Å². The summed E-state index contributed by atoms with van der Waals surface area (Å²) >= 11 is 0. The van der Waals surface area contributed by atoms with Gasteiger partial charge in [-0.25, -0.2) is 9.97 Å². The molecule has 0 atom stereocenters. The Bertz CT molecular complexity index is 544. The summed E-state index contributed by atoms with van der Waals surface area (Å²) < 4.78 is 37.6. The summed E-state index contributed by atoms with van der Waals surface area (Å²) in [4.78, 5) is 11.4. The van der Waals surface area contributed by atoms with E-state index >= 15 is 0 Å². The van der Waals surface area contributed by atoms with Crippen LogP contribution in [0.3, 0.4) is 0 Å². The maximum Gasteiger partial charge on any atom is 0.433 e. The zero-order chi connectivity index (χ0) is 17.4. The molecule has 0 aliphatic heterocycles. The van der Waals surface area contributed by atoms with Gasteiger partial charge in [0.05, 0.1) is 6.54 Å². The summed E-state index contributed by atoms with van der Waals surface area (Å²) in [6.07, 6.45) is 3.68. The van der Waals surface area contributed by atoms with Gasteiger partial charge >= 0.3 is 6.18 Å². The zero-order valence-electron chi connectivity index (χ0n) is 13.9. The molecule has 10 heteroatoms. The number of guanidine groups is 1. The first-order chi connectivity index (χ1) is 11.4. The zero-order valence-corrected chi connectivity index (χ0v) is 16.2. The Morgan fingerprint density at radius 2 is 1.92 bits per heavy atom. The molecule has 25 heavy (non-hydrogen) atoms. The number of nitrogens with one attached hydrogen (secondary N) is 2. The van der Waals surface area contributed by atoms with Crippen LogP contribution in [-0.4, -0.2) is 35.1 Å². The first kappa shape index (κ1) is 21.7. The summed E-state index contributed by atoms with van der Waals surface area (Å²) in [7, 11) is 0. The van der Waals surface area contributed by atoms with Gasteiger partial charge < -0.3 is 16.4 Å². The Kier molecular flexibility index (Phi) is 9.22. The van der Waals surface area contributed by atoms with Crippen molar-refractivity contribution < 1.29 is 13.2 Å². The van der Waals surface area contributed by atoms with Crippen molar-refractivity contribution in [2.45, 2.75) is 50.7 Å². The third-order valence-corrected chi connectivity index (χ3v) is 3.83. The fourth-order valence-electron chi connectivity index (χ4n) is 2.62. The fraction of sp³-hybridized carbons (Fsp3) is 0.667. The van der Waals surface area contributed by atoms with E-state index in [0.29, 0.717) is 25.1 Å². The van der Waals surface area contributed by atoms with Gasteiger partial charge in [-0.1, -0.05) is 25.7 Å². The van der Waals surface area contributed by atoms with Crippen molar-refractivity contribution in [1.29, 1.82) is 0 Å². The van der Waals surface area contributed by atoms with Gasteiger partial charge in [0.15, 0.2) is 5.96 Å². The minimum absolute atomic E-state index is 0. The summed E-state index contributed by atoms with van der Waals surface area (Å²) in [5.74, 6) is 0.295. The van der Waals surface area contributed by atoms with Crippen molar-refractivity contribution >= 4 is 35.9 Å². The number of aromatic nitrogens is 2. The maximum atomic E-state index is 12.5. The number of alkyl halides is 3. The molecule has 0 radical (unpaired) electrons. The molecule has 1 saturated carbocycles. The molecule has 0 unspecified atom stereocenters. The van der Waals surface area contributed by atoms with Gasteiger partial charge in [-0.05, 0) is 18.9 Å². The Hall–Kier alpha value is -1.33. The van der Waals surface area contributed by atoms with Crippen LogP contribution < -0.4 is 16.4 Å². The van der Waals surface area contributed by atoms with E-state index in [1.54, 1.807) is 0 Å². The van der Waals surface area contributed by atoms with E-state index in [9.17, 15) is 13.2 Å². The molecule has 0 spiro atoms. The Balaban J connectivity index is 0.00000312. The SMILES string of the molecule is I.NC(=NCCNc1nccc(C(F)(F)F)n1)NC1CCCCCC1. The Labute approximate surface area is 162 Å². The Morgan fingerprint density at radius 1 is 1.24 bits per heavy atom. The van der Waals surface area contributed by atoms with E-state index in [-0.39, 0.29) is 29.9 Å². The van der Waals surface area contributed by atoms with E-state index in [4.69, 9.17) is 5.73 Å². The molecule has 1 fully saturated rings. The molecule has 6 nitrogen and oxygen atoms in total. The van der Waals surface area contributed by atoms with Gasteiger partial charge in [-0.3, -0.25) is 4.99 Å². The number of nitrogens with two attached hydrogens (primary N) is 1. The standard InChI is InChI=1S/C15H23F3N6.HI/c16-15(17,18)12-7-8-21-14(24-12)22-10-9-20-13(19)23-11-5-3-1-2-4-6-11;/h7-8,11H,1-6,9-10H2,(H3,19,20,23)(H,21,22,24);1H. The van der Waals surface area contributed by atoms with Gasteiger partial charge in [-0.2, -0.15) is 13.2 Å². The first-order valence-electron chi connectivity index (χ1n) is 8.16. The van der Waals surface area contributed by atoms with E-state index in [1.807, 2.05) is 0 Å². The molecule has 0 aromatic carbocycles. The number of anilines is 1. The average molecular weight is 472 g/mol. The molecule has 1 aromatic heterocycles. The van der Waals surface area contributed by atoms with Gasteiger partial charge in [0.25, 0.3) is 0 Å². The lowest BCUT2D eigenvalue weighted by molar-refractivity contribution is -0.141. The van der Waals surface area contributed by atoms with E-state index in [2.05, 4.69) is 25.6 Å². The summed E-state index contributed by atoms with van der Waals surface area (Å²) in [5, 5.41) is 5.92. The molecule has 1 aliphatic carbocycles. The number of hydrogen-bond acceptors (Lipinski definition) is 4. The molecule has 1 heterocycles. The molecule has 0 bridgehead atoms. The smallest absolute Gasteiger partial charge is 0.370 e. The topological polar surface area (TPSA) is 88.2 Å². The van der Waals surface area contributed by atoms with Gasteiger partial charge in [0.2, 0.25) is 5.95 Å². The van der Waals surface area contributed by atoms with Crippen molar-refractivity contribution in [2.24, 2.45) is 10.7 Å². The van der Waals surface area contributed by atoms with Crippen molar-refractivity contribution in [3.8, 4) is 0 Å². The number of rotatable bonds is 5. The van der Waals surface area contributed by atoms with Crippen LogP contribution in [0.15, 0.2) is 17.3 Å². The molecular weight excluding hydrogens is 448 g/mol. The summed E-state index contributed by atoms with van der Waals surface area (Å²) in [6.45, 7) is 0.625. The highest BCUT2D eigenvalue weighted by atomic mass is 127. The highest BCUT2D eigenvalue weighted by molar-refractivity contribution is 14.0. The predicted octanol–water partition coefficient (Wildman–Crippen LogP) is 3.15. The van der Waals surface area contributed by atoms with Gasteiger partial charge in [0, 0.05) is 18.8 Å². The number of aliphatic imine (C=N–C) groups is 1. The summed E-state index contributed by atoms with van der Waals surface area (Å²) in [5.41, 5.74) is 4.87. The number of halogens is 4. The van der Waals surface area contributed by atoms with E-state index in [1.165, 1.54) is 25.7 Å². The largest absolute Gasteiger partial charge is 0.433 e. The normalized spacial score (nSPS) is 16.7. The second-order valence-corrected chi connectivity index (χ2v) is 5.79. The average Bonchev–Trinajstić information content (AvgIpc) is 2.80. The van der Waals surface area contributed by atoms with Crippen LogP contribution in [0.2, 0.25) is 0 Å². The molecule has 0 saturated heterocycles. The monoisotopic (exact) mass is 472 g/mol. The van der Waals surface area contributed by atoms with Crippen LogP contribution in [0.1, 0.15) is 44.2 Å². The minimum atomic E-state index is -4.48. The van der Waals surface area contributed by atoms with Crippen LogP contribution in [0.25, 0.3) is 0 Å². The van der Waals surface area contributed by atoms with Gasteiger partial charge in [-0.15, -0.1) is 24.0 Å². The number of hydrogen-bond donors (Lipinski definition) is 3. The van der Waals surface area contributed by atoms with Crippen molar-refractivity contribution in [3.63, 3.8) is 0 Å². The van der Waals surface area contributed by atoms with E-state index in [0.717, 1.165) is 25.1 Å². The third kappa shape index (κ3) is 8.06. The molecule has 142 valence electrons. The van der Waals surface area contributed by atoms with Crippen molar-refractivity contribution in [1.82, 2.24) is 15.3 Å². The van der Waals surface area contributed by atoms with Crippen LogP contribution in [0.4, 0.5) is 19.1 Å². The molecule has 0 amide bonds. The third-order valence-electron chi connectivity index (χ3n) is 3.83. The second-order valence-electron chi connectivity index (χ2n) is 5.79. The summed E-state index contributed by atoms with van der Waals surface area (Å²) in [6, 6.07) is 1.19. The number of nitrogens with zero attached hydrogens (tertiary/aromatic N) is 3. The maximum absolute atomic E-state index is 12.5. The fourth-order valence-corrected chi connectivity index (χ4v) is 2.62. The molecule has 2 rings (SSSR count). The highest BCUT2D eigenvalue weighted by Crippen LogP contribution is 2.27. The lowest BCUT2D eigenvalue weighted by Crippen LogP contribution is -2.40. The quantitative estimate of drug-likeness (QED) is 0.202. The van der Waals surface area contributed by atoms with Crippen molar-refractivity contribution in [2.75, 3.05) is 18.4 Å². The molecule has 1 aliphatic rings. The lowest BCUT2D eigenvalue weighted by Gasteiger charge is -2.16. The van der Waals surface area contributed by atoms with Crippen LogP contribution in [0, 0.1) is 0 Å². The van der Waals surface area contributed by atoms with Gasteiger partial charge in [0.1, 0.15) is 5.69 Å². The molecule has 4 N–H and O–H groups in total. The van der Waals surface area contributed by atoms with Crippen molar-refractivity contribution in [3.05, 3.63) is 18.0 Å². The highest BCUT2D eigenvalue weighted by Gasteiger charge is 2.32.